The molecule has 1 aromatic carbocycles. The van der Waals surface area contributed by atoms with Crippen molar-refractivity contribution >= 4 is 11.8 Å². The van der Waals surface area contributed by atoms with Gasteiger partial charge in [-0.15, -0.1) is 0 Å². The number of likely N-dealkylation sites (tertiary alicyclic amines) is 1. The highest BCUT2D eigenvalue weighted by Crippen LogP contribution is 2.34. The fourth-order valence-electron chi connectivity index (χ4n) is 3.52. The fraction of sp³-hybridized carbons (Fsp3) is 0.368. The van der Waals surface area contributed by atoms with Crippen LogP contribution in [0.25, 0.3) is 0 Å². The molecule has 4 rings (SSSR count). The lowest BCUT2D eigenvalue weighted by atomic mass is 10.00. The Bertz CT molecular complexity index is 842. The molecule has 6 nitrogen and oxygen atoms in total. The topological polar surface area (TPSA) is 74.4 Å². The first-order valence-electron chi connectivity index (χ1n) is 8.83. The van der Waals surface area contributed by atoms with E-state index < -0.39 is 5.82 Å². The Kier molecular flexibility index (Phi) is 4.36. The number of rotatable bonds is 3. The maximum Gasteiger partial charge on any atom is 0.270 e. The lowest BCUT2D eigenvalue weighted by molar-refractivity contribution is 0.0787. The van der Waals surface area contributed by atoms with Crippen LogP contribution in [0.15, 0.2) is 30.5 Å². The van der Waals surface area contributed by atoms with Crippen molar-refractivity contribution in [2.24, 2.45) is 0 Å². The van der Waals surface area contributed by atoms with Crippen molar-refractivity contribution in [3.63, 3.8) is 0 Å². The van der Waals surface area contributed by atoms with E-state index >= 15 is 0 Å². The molecule has 1 fully saturated rings. The van der Waals surface area contributed by atoms with Gasteiger partial charge in [0.1, 0.15) is 5.69 Å². The van der Waals surface area contributed by atoms with Crippen LogP contribution in [0.1, 0.15) is 51.7 Å². The number of halogens is 1. The van der Waals surface area contributed by atoms with Crippen LogP contribution < -0.4 is 10.1 Å². The molecule has 0 radical (unpaired) electrons. The molecule has 2 aliphatic heterocycles. The van der Waals surface area contributed by atoms with Gasteiger partial charge in [-0.05, 0) is 25.0 Å². The van der Waals surface area contributed by atoms with Crippen LogP contribution >= 0.6 is 0 Å². The summed E-state index contributed by atoms with van der Waals surface area (Å²) in [6, 6.07) is 5.94. The minimum atomic E-state index is -0.429. The summed E-state index contributed by atoms with van der Waals surface area (Å²) in [7, 11) is 0. The third-order valence-corrected chi connectivity index (χ3v) is 4.90. The molecule has 0 aliphatic carbocycles. The van der Waals surface area contributed by atoms with E-state index in [1.54, 1.807) is 23.1 Å². The Morgan fingerprint density at radius 3 is 2.88 bits per heavy atom. The number of para-hydroxylation sites is 1. The molecule has 1 unspecified atom stereocenters. The van der Waals surface area contributed by atoms with E-state index in [9.17, 15) is 14.0 Å². The molecule has 2 N–H and O–H groups in total. The third kappa shape index (κ3) is 3.05. The van der Waals surface area contributed by atoms with Crippen molar-refractivity contribution in [2.45, 2.75) is 25.3 Å². The molecule has 7 heteroatoms. The summed E-state index contributed by atoms with van der Waals surface area (Å²) in [6.45, 7) is 1.85. The number of carbonyl (C=O) groups excluding carboxylic acids is 2. The fourth-order valence-corrected chi connectivity index (χ4v) is 3.52. The monoisotopic (exact) mass is 357 g/mol. The van der Waals surface area contributed by atoms with Crippen LogP contribution in [0.2, 0.25) is 0 Å². The van der Waals surface area contributed by atoms with Crippen LogP contribution in [-0.2, 0) is 0 Å². The summed E-state index contributed by atoms with van der Waals surface area (Å²) >= 11 is 0. The summed E-state index contributed by atoms with van der Waals surface area (Å²) < 4.78 is 19.2. The second kappa shape index (κ2) is 6.82. The molecular formula is C19H20FN3O3. The van der Waals surface area contributed by atoms with Crippen molar-refractivity contribution in [1.82, 2.24) is 15.2 Å². The molecule has 2 aromatic rings. The summed E-state index contributed by atoms with van der Waals surface area (Å²) in [6.07, 6.45) is 4.12. The number of hydrogen-bond acceptors (Lipinski definition) is 3. The molecule has 1 saturated heterocycles. The molecule has 2 aliphatic rings. The van der Waals surface area contributed by atoms with Crippen LogP contribution in [0, 0.1) is 5.82 Å². The molecule has 1 aromatic heterocycles. The molecule has 0 saturated carbocycles. The van der Waals surface area contributed by atoms with E-state index in [0.29, 0.717) is 29.8 Å². The Balaban J connectivity index is 1.48. The zero-order valence-electron chi connectivity index (χ0n) is 14.3. The molecule has 3 heterocycles. The molecule has 0 bridgehead atoms. The van der Waals surface area contributed by atoms with Gasteiger partial charge in [0.2, 0.25) is 0 Å². The van der Waals surface area contributed by atoms with Gasteiger partial charge in [-0.25, -0.2) is 4.39 Å². The average molecular weight is 357 g/mol. The summed E-state index contributed by atoms with van der Waals surface area (Å²) in [5.74, 6) is -0.617. The number of nitrogens with zero attached hydrogens (tertiary/aromatic N) is 1. The first kappa shape index (κ1) is 16.6. The number of amides is 2. The van der Waals surface area contributed by atoms with Gasteiger partial charge in [0, 0.05) is 31.3 Å². The summed E-state index contributed by atoms with van der Waals surface area (Å²) in [4.78, 5) is 29.6. The predicted octanol–water partition coefficient (Wildman–Crippen LogP) is 2.64. The molecule has 26 heavy (non-hydrogen) atoms. The zero-order chi connectivity index (χ0) is 18.1. The second-order valence-electron chi connectivity index (χ2n) is 6.62. The Labute approximate surface area is 150 Å². The molecule has 136 valence electrons. The van der Waals surface area contributed by atoms with Gasteiger partial charge in [0.15, 0.2) is 11.6 Å². The zero-order valence-corrected chi connectivity index (χ0v) is 14.3. The highest BCUT2D eigenvalue weighted by Gasteiger charge is 2.27. The Morgan fingerprint density at radius 2 is 2.08 bits per heavy atom. The standard InChI is InChI=1S/C19H20FN3O3/c20-14-5-3-4-13-15(6-9-26-17(13)14)22-18(24)12-10-16(21-11-12)19(25)23-7-1-2-8-23/h3-5,10-11,15,21H,1-2,6-9H2,(H,22,24). The Morgan fingerprint density at radius 1 is 1.27 bits per heavy atom. The lowest BCUT2D eigenvalue weighted by Crippen LogP contribution is -2.32. The number of nitrogens with one attached hydrogen (secondary N) is 2. The van der Waals surface area contributed by atoms with Crippen molar-refractivity contribution in [3.8, 4) is 5.75 Å². The number of hydrogen-bond donors (Lipinski definition) is 2. The normalized spacial score (nSPS) is 19.0. The van der Waals surface area contributed by atoms with Crippen molar-refractivity contribution in [1.29, 1.82) is 0 Å². The van der Waals surface area contributed by atoms with E-state index in [1.165, 1.54) is 12.3 Å². The molecule has 2 amide bonds. The predicted molar refractivity (Wildman–Crippen MR) is 92.6 cm³/mol. The number of benzene rings is 1. The molecular weight excluding hydrogens is 337 g/mol. The largest absolute Gasteiger partial charge is 0.490 e. The van der Waals surface area contributed by atoms with Gasteiger partial charge in [-0.1, -0.05) is 12.1 Å². The smallest absolute Gasteiger partial charge is 0.270 e. The highest BCUT2D eigenvalue weighted by atomic mass is 19.1. The number of fused-ring (bicyclic) bond motifs is 1. The van der Waals surface area contributed by atoms with Crippen molar-refractivity contribution in [3.05, 3.63) is 53.1 Å². The SMILES string of the molecule is O=C(NC1CCOc2c(F)cccc21)c1c[nH]c(C(=O)N2CCCC2)c1. The third-order valence-electron chi connectivity index (χ3n) is 4.90. The van der Waals surface area contributed by atoms with Crippen LogP contribution in [0.3, 0.4) is 0 Å². The Hall–Kier alpha value is -2.83. The quantitative estimate of drug-likeness (QED) is 0.887. The number of aromatic amines is 1. The van der Waals surface area contributed by atoms with Gasteiger partial charge in [0.25, 0.3) is 11.8 Å². The van der Waals surface area contributed by atoms with Crippen molar-refractivity contribution < 1.29 is 18.7 Å². The summed E-state index contributed by atoms with van der Waals surface area (Å²) in [5.41, 5.74) is 1.43. The van der Waals surface area contributed by atoms with Gasteiger partial charge < -0.3 is 19.9 Å². The number of aromatic nitrogens is 1. The maximum absolute atomic E-state index is 13.9. The van der Waals surface area contributed by atoms with E-state index in [4.69, 9.17) is 4.74 Å². The molecule has 0 spiro atoms. The number of ether oxygens (including phenoxy) is 1. The van der Waals surface area contributed by atoms with Crippen LogP contribution in [-0.4, -0.2) is 41.4 Å². The maximum atomic E-state index is 13.9. The lowest BCUT2D eigenvalue weighted by Gasteiger charge is -2.26. The van der Waals surface area contributed by atoms with E-state index in [2.05, 4.69) is 10.3 Å². The van der Waals surface area contributed by atoms with Gasteiger partial charge in [-0.3, -0.25) is 9.59 Å². The first-order chi connectivity index (χ1) is 12.6. The average Bonchev–Trinajstić information content (AvgIpc) is 3.34. The number of carbonyl (C=O) groups is 2. The minimum absolute atomic E-state index is 0.0833. The van der Waals surface area contributed by atoms with Crippen LogP contribution in [0.5, 0.6) is 5.75 Å². The second-order valence-corrected chi connectivity index (χ2v) is 6.62. The van der Waals surface area contributed by atoms with Gasteiger partial charge in [0.05, 0.1) is 18.2 Å². The summed E-state index contributed by atoms with van der Waals surface area (Å²) in [5, 5.41) is 2.91. The van der Waals surface area contributed by atoms with Crippen LogP contribution in [0.4, 0.5) is 4.39 Å². The van der Waals surface area contributed by atoms with Crippen molar-refractivity contribution in [2.75, 3.05) is 19.7 Å². The van der Waals surface area contributed by atoms with Gasteiger partial charge >= 0.3 is 0 Å². The van der Waals surface area contributed by atoms with Gasteiger partial charge in [-0.2, -0.15) is 0 Å². The molecule has 1 atom stereocenters. The highest BCUT2D eigenvalue weighted by molar-refractivity contribution is 5.99. The minimum Gasteiger partial charge on any atom is -0.490 e. The van der Waals surface area contributed by atoms with E-state index in [1.807, 2.05) is 0 Å². The number of H-pyrrole nitrogens is 1. The van der Waals surface area contributed by atoms with E-state index in [0.717, 1.165) is 25.9 Å². The van der Waals surface area contributed by atoms with E-state index in [-0.39, 0.29) is 23.6 Å². The first-order valence-corrected chi connectivity index (χ1v) is 8.83.